The number of nitrogens with zero attached hydrogens (tertiary/aromatic N) is 1. The first-order valence-electron chi connectivity index (χ1n) is 8.65. The van der Waals surface area contributed by atoms with Crippen molar-refractivity contribution >= 4 is 21.8 Å². The summed E-state index contributed by atoms with van der Waals surface area (Å²) >= 11 is 0. The molecule has 1 aliphatic rings. The van der Waals surface area contributed by atoms with Crippen LogP contribution in [0.3, 0.4) is 0 Å². The third-order valence-electron chi connectivity index (χ3n) is 4.47. The Morgan fingerprint density at radius 1 is 1.23 bits per heavy atom. The molecular weight excluding hydrogens is 354 g/mol. The van der Waals surface area contributed by atoms with Crippen LogP contribution < -0.4 is 10.0 Å². The molecule has 2 amide bonds. The number of amides is 2. The van der Waals surface area contributed by atoms with E-state index >= 15 is 0 Å². The van der Waals surface area contributed by atoms with Crippen molar-refractivity contribution in [2.24, 2.45) is 5.92 Å². The highest BCUT2D eigenvalue weighted by atomic mass is 32.2. The first kappa shape index (κ1) is 19.9. The van der Waals surface area contributed by atoms with Crippen molar-refractivity contribution < 1.29 is 18.0 Å². The van der Waals surface area contributed by atoms with E-state index in [1.807, 2.05) is 10.8 Å². The number of sulfonamides is 1. The van der Waals surface area contributed by atoms with E-state index in [4.69, 9.17) is 5.26 Å². The van der Waals surface area contributed by atoms with Gasteiger partial charge in [0.05, 0.1) is 17.4 Å². The van der Waals surface area contributed by atoms with Gasteiger partial charge in [-0.05, 0) is 31.4 Å². The molecule has 1 aromatic rings. The van der Waals surface area contributed by atoms with Crippen LogP contribution in [0.1, 0.15) is 50.2 Å². The minimum atomic E-state index is -3.97. The summed E-state index contributed by atoms with van der Waals surface area (Å²) in [6.07, 6.45) is 4.69. The van der Waals surface area contributed by atoms with Gasteiger partial charge in [-0.1, -0.05) is 37.5 Å². The topological polar surface area (TPSA) is 116 Å². The molecule has 1 atom stereocenters. The number of hydrogen-bond donors (Lipinski definition) is 2. The third-order valence-corrected chi connectivity index (χ3v) is 5.67. The second kappa shape index (κ2) is 8.81. The number of nitriles is 1. The summed E-state index contributed by atoms with van der Waals surface area (Å²) in [5.74, 6) is -1.59. The quantitative estimate of drug-likeness (QED) is 0.781. The molecule has 2 N–H and O–H groups in total. The van der Waals surface area contributed by atoms with Crippen molar-refractivity contribution in [1.82, 2.24) is 10.0 Å². The third kappa shape index (κ3) is 5.56. The molecule has 1 saturated carbocycles. The highest BCUT2D eigenvalue weighted by Gasteiger charge is 2.26. The van der Waals surface area contributed by atoms with Crippen LogP contribution in [-0.2, 0) is 25.4 Å². The van der Waals surface area contributed by atoms with Crippen molar-refractivity contribution in [1.29, 1.82) is 5.26 Å². The Hall–Kier alpha value is -2.40. The lowest BCUT2D eigenvalue weighted by Gasteiger charge is -2.22. The number of hydrogen-bond acceptors (Lipinski definition) is 5. The van der Waals surface area contributed by atoms with Crippen molar-refractivity contribution in [2.75, 3.05) is 0 Å². The average molecular weight is 377 g/mol. The minimum Gasteiger partial charge on any atom is -0.344 e. The molecular formula is C18H23N3O4S. The lowest BCUT2D eigenvalue weighted by Crippen LogP contribution is -2.48. The van der Waals surface area contributed by atoms with Crippen LogP contribution in [0.4, 0.5) is 0 Å². The lowest BCUT2D eigenvalue weighted by molar-refractivity contribution is -0.130. The van der Waals surface area contributed by atoms with Gasteiger partial charge in [-0.25, -0.2) is 8.42 Å². The largest absolute Gasteiger partial charge is 0.344 e. The number of rotatable bonds is 6. The van der Waals surface area contributed by atoms with Crippen LogP contribution in [0.2, 0.25) is 0 Å². The van der Waals surface area contributed by atoms with Crippen LogP contribution in [0, 0.1) is 17.2 Å². The van der Waals surface area contributed by atoms with Gasteiger partial charge in [0.2, 0.25) is 15.9 Å². The molecule has 0 bridgehead atoms. The molecule has 1 fully saturated rings. The van der Waals surface area contributed by atoms with E-state index in [9.17, 15) is 18.0 Å². The van der Waals surface area contributed by atoms with Gasteiger partial charge in [0.1, 0.15) is 6.04 Å². The van der Waals surface area contributed by atoms with Crippen molar-refractivity contribution in [3.63, 3.8) is 0 Å². The number of carbonyl (C=O) groups excluding carboxylic acids is 2. The molecule has 0 aromatic heterocycles. The molecule has 0 radical (unpaired) electrons. The van der Waals surface area contributed by atoms with Crippen molar-refractivity contribution in [3.8, 4) is 6.07 Å². The number of benzene rings is 1. The van der Waals surface area contributed by atoms with Gasteiger partial charge < -0.3 is 5.32 Å². The Balaban J connectivity index is 1.94. The van der Waals surface area contributed by atoms with Gasteiger partial charge in [0.15, 0.2) is 0 Å². The van der Waals surface area contributed by atoms with Gasteiger partial charge in [-0.15, -0.1) is 0 Å². The molecule has 140 valence electrons. The Morgan fingerprint density at radius 2 is 1.88 bits per heavy atom. The molecule has 0 saturated heterocycles. The molecule has 0 heterocycles. The van der Waals surface area contributed by atoms with Gasteiger partial charge in [-0.3, -0.25) is 14.3 Å². The van der Waals surface area contributed by atoms with E-state index in [0.29, 0.717) is 5.56 Å². The van der Waals surface area contributed by atoms with Gasteiger partial charge >= 0.3 is 0 Å². The Labute approximate surface area is 153 Å². The van der Waals surface area contributed by atoms with Crippen LogP contribution in [-0.4, -0.2) is 26.3 Å². The predicted molar refractivity (Wildman–Crippen MR) is 96.1 cm³/mol. The second-order valence-corrected chi connectivity index (χ2v) is 8.28. The normalized spacial score (nSPS) is 16.3. The Kier molecular flexibility index (Phi) is 6.75. The highest BCUT2D eigenvalue weighted by Crippen LogP contribution is 2.23. The van der Waals surface area contributed by atoms with Crippen LogP contribution in [0.15, 0.2) is 24.3 Å². The molecule has 0 unspecified atom stereocenters. The van der Waals surface area contributed by atoms with Crippen molar-refractivity contribution in [2.45, 2.75) is 50.8 Å². The molecule has 7 nitrogen and oxygen atoms in total. The summed E-state index contributed by atoms with van der Waals surface area (Å²) in [6, 6.07) is 7.27. The summed E-state index contributed by atoms with van der Waals surface area (Å²) < 4.78 is 26.4. The van der Waals surface area contributed by atoms with E-state index in [-0.39, 0.29) is 17.4 Å². The van der Waals surface area contributed by atoms with E-state index in [1.165, 1.54) is 19.1 Å². The molecule has 0 aliphatic heterocycles. The Morgan fingerprint density at radius 3 is 2.54 bits per heavy atom. The second-order valence-electron chi connectivity index (χ2n) is 6.56. The SMILES string of the molecule is C[C@@H](NC(=O)C1CCCCC1)C(=O)NS(=O)(=O)Cc1ccccc1C#N. The summed E-state index contributed by atoms with van der Waals surface area (Å²) in [7, 11) is -3.97. The Bertz CT molecular complexity index is 808. The van der Waals surface area contributed by atoms with E-state index in [1.54, 1.807) is 12.1 Å². The van der Waals surface area contributed by atoms with E-state index in [0.717, 1.165) is 32.1 Å². The van der Waals surface area contributed by atoms with Crippen molar-refractivity contribution in [3.05, 3.63) is 35.4 Å². The predicted octanol–water partition coefficient (Wildman–Crippen LogP) is 1.59. The van der Waals surface area contributed by atoms with Gasteiger partial charge in [0, 0.05) is 5.92 Å². The first-order chi connectivity index (χ1) is 12.3. The zero-order valence-corrected chi connectivity index (χ0v) is 15.5. The summed E-state index contributed by atoms with van der Waals surface area (Å²) in [5.41, 5.74) is 0.554. The zero-order valence-electron chi connectivity index (χ0n) is 14.7. The number of nitrogens with one attached hydrogen (secondary N) is 2. The van der Waals surface area contributed by atoms with Crippen LogP contribution >= 0.6 is 0 Å². The maximum Gasteiger partial charge on any atom is 0.255 e. The molecule has 1 aliphatic carbocycles. The smallest absolute Gasteiger partial charge is 0.255 e. The van der Waals surface area contributed by atoms with E-state index in [2.05, 4.69) is 5.32 Å². The molecule has 0 spiro atoms. The molecule has 8 heteroatoms. The fourth-order valence-electron chi connectivity index (χ4n) is 3.00. The lowest BCUT2D eigenvalue weighted by atomic mass is 9.88. The average Bonchev–Trinajstić information content (AvgIpc) is 2.62. The molecule has 26 heavy (non-hydrogen) atoms. The fourth-order valence-corrected chi connectivity index (χ4v) is 4.22. The van der Waals surface area contributed by atoms with Crippen LogP contribution in [0.25, 0.3) is 0 Å². The number of carbonyl (C=O) groups is 2. The zero-order chi connectivity index (χ0) is 19.2. The summed E-state index contributed by atoms with van der Waals surface area (Å²) in [4.78, 5) is 24.3. The molecule has 2 rings (SSSR count). The molecule has 1 aromatic carbocycles. The minimum absolute atomic E-state index is 0.113. The van der Waals surface area contributed by atoms with E-state index < -0.39 is 27.7 Å². The fraction of sp³-hybridized carbons (Fsp3) is 0.500. The maximum atomic E-state index is 12.2. The van der Waals surface area contributed by atoms with Gasteiger partial charge in [-0.2, -0.15) is 5.26 Å². The van der Waals surface area contributed by atoms with Crippen LogP contribution in [0.5, 0.6) is 0 Å². The maximum absolute atomic E-state index is 12.2. The standard InChI is InChI=1S/C18H23N3O4S/c1-13(20-18(23)14-7-3-2-4-8-14)17(22)21-26(24,25)12-16-10-6-5-9-15(16)11-19/h5-6,9-10,13-14H,2-4,7-8,12H2,1H3,(H,20,23)(H,21,22)/t13-/m1/s1. The monoisotopic (exact) mass is 377 g/mol. The summed E-state index contributed by atoms with van der Waals surface area (Å²) in [6.45, 7) is 1.45. The highest BCUT2D eigenvalue weighted by molar-refractivity contribution is 7.89. The van der Waals surface area contributed by atoms with Gasteiger partial charge in [0.25, 0.3) is 5.91 Å². The summed E-state index contributed by atoms with van der Waals surface area (Å²) in [5, 5.41) is 11.6. The first-order valence-corrected chi connectivity index (χ1v) is 10.3.